The van der Waals surface area contributed by atoms with Gasteiger partial charge in [0.05, 0.1) is 18.8 Å². The van der Waals surface area contributed by atoms with Crippen LogP contribution in [0, 0.1) is 0 Å². The van der Waals surface area contributed by atoms with Crippen molar-refractivity contribution in [1.29, 1.82) is 0 Å². The molecule has 0 N–H and O–H groups in total. The van der Waals surface area contributed by atoms with Crippen LogP contribution in [0.3, 0.4) is 0 Å². The third-order valence-corrected chi connectivity index (χ3v) is 2.56. The molecule has 17 heavy (non-hydrogen) atoms. The molecular formula is C12H16N2O3. The molecule has 5 heteroatoms. The van der Waals surface area contributed by atoms with Crippen molar-refractivity contribution >= 4 is 5.91 Å². The summed E-state index contributed by atoms with van der Waals surface area (Å²) in [7, 11) is 3.42. The third kappa shape index (κ3) is 2.94. The number of ether oxygens (including phenoxy) is 2. The second-order valence-corrected chi connectivity index (χ2v) is 4.19. The van der Waals surface area contributed by atoms with Crippen LogP contribution in [0.4, 0.5) is 0 Å². The highest BCUT2D eigenvalue weighted by Gasteiger charge is 2.17. The third-order valence-electron chi connectivity index (χ3n) is 2.56. The van der Waals surface area contributed by atoms with Crippen LogP contribution in [0.25, 0.3) is 0 Å². The van der Waals surface area contributed by atoms with Crippen LogP contribution in [0.2, 0.25) is 0 Å². The second kappa shape index (κ2) is 5.14. The SMILES string of the molecule is CN(C)C(=O)c1ccc(OC2CCOC2)nc1. The zero-order chi connectivity index (χ0) is 12.3. The van der Waals surface area contributed by atoms with Gasteiger partial charge in [0, 0.05) is 32.8 Å². The summed E-state index contributed by atoms with van der Waals surface area (Å²) in [6.45, 7) is 1.35. The Morgan fingerprint density at radius 2 is 2.35 bits per heavy atom. The van der Waals surface area contributed by atoms with Crippen molar-refractivity contribution < 1.29 is 14.3 Å². The zero-order valence-electron chi connectivity index (χ0n) is 10.0. The summed E-state index contributed by atoms with van der Waals surface area (Å²) in [5.74, 6) is 0.476. The van der Waals surface area contributed by atoms with Crippen LogP contribution in [0.5, 0.6) is 5.88 Å². The molecule has 1 aromatic rings. The van der Waals surface area contributed by atoms with Gasteiger partial charge in [0.15, 0.2) is 0 Å². The predicted octanol–water partition coefficient (Wildman–Crippen LogP) is 0.951. The van der Waals surface area contributed by atoms with E-state index in [2.05, 4.69) is 4.98 Å². The highest BCUT2D eigenvalue weighted by molar-refractivity contribution is 5.93. The van der Waals surface area contributed by atoms with Gasteiger partial charge in [-0.2, -0.15) is 0 Å². The maximum absolute atomic E-state index is 11.6. The summed E-state index contributed by atoms with van der Waals surface area (Å²) in [6, 6.07) is 3.44. The molecule has 1 aromatic heterocycles. The normalized spacial score (nSPS) is 19.1. The molecule has 1 saturated heterocycles. The molecule has 5 nitrogen and oxygen atoms in total. The van der Waals surface area contributed by atoms with Crippen molar-refractivity contribution in [2.45, 2.75) is 12.5 Å². The topological polar surface area (TPSA) is 51.7 Å². The quantitative estimate of drug-likeness (QED) is 0.784. The van der Waals surface area contributed by atoms with E-state index in [1.54, 1.807) is 26.2 Å². The number of nitrogens with zero attached hydrogens (tertiary/aromatic N) is 2. The van der Waals surface area contributed by atoms with Crippen molar-refractivity contribution in [3.05, 3.63) is 23.9 Å². The summed E-state index contributed by atoms with van der Waals surface area (Å²) in [5, 5.41) is 0. The minimum atomic E-state index is -0.0618. The van der Waals surface area contributed by atoms with Crippen LogP contribution in [-0.4, -0.2) is 49.2 Å². The van der Waals surface area contributed by atoms with Gasteiger partial charge in [0.1, 0.15) is 6.10 Å². The van der Waals surface area contributed by atoms with E-state index >= 15 is 0 Å². The van der Waals surface area contributed by atoms with Crippen LogP contribution in [0.1, 0.15) is 16.8 Å². The highest BCUT2D eigenvalue weighted by Crippen LogP contribution is 2.15. The van der Waals surface area contributed by atoms with Crippen molar-refractivity contribution in [1.82, 2.24) is 9.88 Å². The Kier molecular flexibility index (Phi) is 3.58. The Balaban J connectivity index is 1.99. The van der Waals surface area contributed by atoms with Gasteiger partial charge in [0.2, 0.25) is 5.88 Å². The first kappa shape index (κ1) is 11.9. The van der Waals surface area contributed by atoms with Gasteiger partial charge < -0.3 is 14.4 Å². The number of hydrogen-bond acceptors (Lipinski definition) is 4. The average molecular weight is 236 g/mol. The van der Waals surface area contributed by atoms with Gasteiger partial charge in [-0.1, -0.05) is 0 Å². The summed E-state index contributed by atoms with van der Waals surface area (Å²) < 4.78 is 10.8. The number of pyridine rings is 1. The van der Waals surface area contributed by atoms with E-state index in [0.29, 0.717) is 18.1 Å². The largest absolute Gasteiger partial charge is 0.472 e. The van der Waals surface area contributed by atoms with Gasteiger partial charge >= 0.3 is 0 Å². The Bertz CT molecular complexity index is 383. The highest BCUT2D eigenvalue weighted by atomic mass is 16.5. The van der Waals surface area contributed by atoms with Crippen molar-refractivity contribution in [2.24, 2.45) is 0 Å². The Morgan fingerprint density at radius 3 is 2.88 bits per heavy atom. The number of carbonyl (C=O) groups excluding carboxylic acids is 1. The van der Waals surface area contributed by atoms with E-state index in [4.69, 9.17) is 9.47 Å². The molecule has 1 aliphatic heterocycles. The fourth-order valence-electron chi connectivity index (χ4n) is 1.61. The van der Waals surface area contributed by atoms with Crippen molar-refractivity contribution in [2.75, 3.05) is 27.3 Å². The van der Waals surface area contributed by atoms with Gasteiger partial charge in [-0.15, -0.1) is 0 Å². The smallest absolute Gasteiger partial charge is 0.254 e. The number of carbonyl (C=O) groups is 1. The molecule has 92 valence electrons. The molecule has 0 spiro atoms. The van der Waals surface area contributed by atoms with E-state index in [9.17, 15) is 4.79 Å². The molecule has 0 bridgehead atoms. The number of aromatic nitrogens is 1. The number of amides is 1. The lowest BCUT2D eigenvalue weighted by molar-refractivity contribution is 0.0827. The lowest BCUT2D eigenvalue weighted by atomic mass is 10.2. The lowest BCUT2D eigenvalue weighted by Crippen LogP contribution is -2.22. The second-order valence-electron chi connectivity index (χ2n) is 4.19. The molecule has 1 aliphatic rings. The van der Waals surface area contributed by atoms with Gasteiger partial charge in [0.25, 0.3) is 5.91 Å². The van der Waals surface area contributed by atoms with Crippen LogP contribution in [-0.2, 0) is 4.74 Å². The van der Waals surface area contributed by atoms with Crippen LogP contribution in [0.15, 0.2) is 18.3 Å². The fraction of sp³-hybridized carbons (Fsp3) is 0.500. The zero-order valence-corrected chi connectivity index (χ0v) is 10.0. The maximum atomic E-state index is 11.6. The number of hydrogen-bond donors (Lipinski definition) is 0. The predicted molar refractivity (Wildman–Crippen MR) is 62.1 cm³/mol. The first-order valence-electron chi connectivity index (χ1n) is 5.59. The maximum Gasteiger partial charge on any atom is 0.254 e. The standard InChI is InChI=1S/C12H16N2O3/c1-14(2)12(15)9-3-4-11(13-7-9)17-10-5-6-16-8-10/h3-4,7,10H,5-6,8H2,1-2H3. The van der Waals surface area contributed by atoms with E-state index in [-0.39, 0.29) is 12.0 Å². The van der Waals surface area contributed by atoms with Gasteiger partial charge in [-0.3, -0.25) is 4.79 Å². The van der Waals surface area contributed by atoms with E-state index in [1.807, 2.05) is 0 Å². The molecule has 0 aliphatic carbocycles. The molecule has 2 heterocycles. The average Bonchev–Trinajstić information content (AvgIpc) is 2.82. The molecule has 2 rings (SSSR count). The Morgan fingerprint density at radius 1 is 1.53 bits per heavy atom. The summed E-state index contributed by atoms with van der Waals surface area (Å²) >= 11 is 0. The van der Waals surface area contributed by atoms with E-state index < -0.39 is 0 Å². The minimum absolute atomic E-state index is 0.0618. The molecule has 0 saturated carbocycles. The molecule has 0 aromatic carbocycles. The van der Waals surface area contributed by atoms with Crippen molar-refractivity contribution in [3.8, 4) is 5.88 Å². The summed E-state index contributed by atoms with van der Waals surface area (Å²) in [6.07, 6.45) is 2.51. The molecule has 1 fully saturated rings. The summed E-state index contributed by atoms with van der Waals surface area (Å²) in [5.41, 5.74) is 0.560. The first-order valence-corrected chi connectivity index (χ1v) is 5.59. The molecule has 1 amide bonds. The molecule has 0 radical (unpaired) electrons. The molecule has 1 atom stereocenters. The first-order chi connectivity index (χ1) is 8.16. The summed E-state index contributed by atoms with van der Waals surface area (Å²) in [4.78, 5) is 17.3. The molecular weight excluding hydrogens is 220 g/mol. The molecule has 1 unspecified atom stereocenters. The van der Waals surface area contributed by atoms with E-state index in [0.717, 1.165) is 13.0 Å². The van der Waals surface area contributed by atoms with E-state index in [1.165, 1.54) is 11.1 Å². The number of rotatable bonds is 3. The van der Waals surface area contributed by atoms with Crippen molar-refractivity contribution in [3.63, 3.8) is 0 Å². The monoisotopic (exact) mass is 236 g/mol. The Labute approximate surface area is 100 Å². The van der Waals surface area contributed by atoms with Crippen LogP contribution >= 0.6 is 0 Å². The Hall–Kier alpha value is -1.62. The lowest BCUT2D eigenvalue weighted by Gasteiger charge is -2.12. The van der Waals surface area contributed by atoms with Gasteiger partial charge in [-0.05, 0) is 6.07 Å². The van der Waals surface area contributed by atoms with Gasteiger partial charge in [-0.25, -0.2) is 4.98 Å². The minimum Gasteiger partial charge on any atom is -0.472 e. The fourth-order valence-corrected chi connectivity index (χ4v) is 1.61. The van der Waals surface area contributed by atoms with Crippen LogP contribution < -0.4 is 4.74 Å².